The van der Waals surface area contributed by atoms with Crippen molar-refractivity contribution >= 4 is 39.1 Å². The van der Waals surface area contributed by atoms with Crippen LogP contribution >= 0.6 is 11.6 Å². The highest BCUT2D eigenvalue weighted by molar-refractivity contribution is 7.92. The zero-order valence-electron chi connectivity index (χ0n) is 19.9. The first-order valence-corrected chi connectivity index (χ1v) is 13.3. The summed E-state index contributed by atoms with van der Waals surface area (Å²) in [7, 11) is -2.48. The van der Waals surface area contributed by atoms with Gasteiger partial charge in [-0.05, 0) is 41.5 Å². The smallest absolute Gasteiger partial charge is 0.244 e. The summed E-state index contributed by atoms with van der Waals surface area (Å²) in [5, 5.41) is 3.12. The Labute approximate surface area is 215 Å². The summed E-state index contributed by atoms with van der Waals surface area (Å²) in [5.41, 5.74) is 1.54. The van der Waals surface area contributed by atoms with Crippen LogP contribution in [0.3, 0.4) is 0 Å². The van der Waals surface area contributed by atoms with Gasteiger partial charge < -0.3 is 10.2 Å². The number of rotatable bonds is 10. The summed E-state index contributed by atoms with van der Waals surface area (Å²) in [6.45, 7) is -0.583. The lowest BCUT2D eigenvalue weighted by Crippen LogP contribution is -2.52. The van der Waals surface area contributed by atoms with Crippen molar-refractivity contribution in [2.75, 3.05) is 24.2 Å². The molecule has 0 aromatic heterocycles. The van der Waals surface area contributed by atoms with Gasteiger partial charge in [-0.3, -0.25) is 13.9 Å². The molecular formula is C26H27ClFN3O4S. The Morgan fingerprint density at radius 3 is 2.22 bits per heavy atom. The summed E-state index contributed by atoms with van der Waals surface area (Å²) < 4.78 is 39.9. The normalized spacial score (nSPS) is 12.0. The quantitative estimate of drug-likeness (QED) is 0.433. The fraction of sp³-hybridized carbons (Fsp3) is 0.231. The zero-order valence-corrected chi connectivity index (χ0v) is 21.5. The number of nitrogens with one attached hydrogen (secondary N) is 1. The summed E-state index contributed by atoms with van der Waals surface area (Å²) in [4.78, 5) is 28.0. The average molecular weight is 532 g/mol. The van der Waals surface area contributed by atoms with Crippen LogP contribution in [-0.4, -0.2) is 51.0 Å². The van der Waals surface area contributed by atoms with E-state index < -0.39 is 40.2 Å². The molecule has 1 N–H and O–H groups in total. The molecule has 0 fully saturated rings. The molecule has 3 aromatic carbocycles. The Kier molecular flexibility index (Phi) is 9.06. The van der Waals surface area contributed by atoms with E-state index in [9.17, 15) is 22.4 Å². The molecule has 36 heavy (non-hydrogen) atoms. The van der Waals surface area contributed by atoms with Gasteiger partial charge in [0.15, 0.2) is 0 Å². The highest BCUT2D eigenvalue weighted by Crippen LogP contribution is 2.21. The number of sulfonamides is 1. The number of anilines is 1. The number of hydrogen-bond acceptors (Lipinski definition) is 4. The molecule has 0 radical (unpaired) electrons. The second-order valence-electron chi connectivity index (χ2n) is 8.22. The molecule has 0 unspecified atom stereocenters. The number of carbonyl (C=O) groups excluding carboxylic acids is 2. The van der Waals surface area contributed by atoms with Crippen LogP contribution in [0.25, 0.3) is 0 Å². The van der Waals surface area contributed by atoms with Crippen LogP contribution in [-0.2, 0) is 32.6 Å². The third-order valence-corrected chi connectivity index (χ3v) is 6.95. The van der Waals surface area contributed by atoms with E-state index in [0.29, 0.717) is 10.6 Å². The Balaban J connectivity index is 2.01. The number of amides is 2. The van der Waals surface area contributed by atoms with E-state index in [4.69, 9.17) is 11.6 Å². The second-order valence-corrected chi connectivity index (χ2v) is 10.6. The molecule has 0 aliphatic rings. The van der Waals surface area contributed by atoms with Gasteiger partial charge in [0.25, 0.3) is 0 Å². The Bertz CT molecular complexity index is 1300. The van der Waals surface area contributed by atoms with E-state index in [2.05, 4.69) is 5.32 Å². The van der Waals surface area contributed by atoms with Crippen molar-refractivity contribution in [1.29, 1.82) is 0 Å². The van der Waals surface area contributed by atoms with Gasteiger partial charge in [0.1, 0.15) is 18.4 Å². The van der Waals surface area contributed by atoms with Crippen molar-refractivity contribution in [3.63, 3.8) is 0 Å². The summed E-state index contributed by atoms with van der Waals surface area (Å²) >= 11 is 6.00. The van der Waals surface area contributed by atoms with Gasteiger partial charge in [0.2, 0.25) is 21.8 Å². The SMILES string of the molecule is CNC(=O)[C@H](Cc1ccccc1)N(Cc1ccc(Cl)cc1)C(=O)CN(c1cccc(F)c1)S(C)(=O)=O. The average Bonchev–Trinajstić information content (AvgIpc) is 2.85. The van der Waals surface area contributed by atoms with Crippen LogP contribution in [0.5, 0.6) is 0 Å². The monoisotopic (exact) mass is 531 g/mol. The largest absolute Gasteiger partial charge is 0.357 e. The molecule has 3 aromatic rings. The van der Waals surface area contributed by atoms with Gasteiger partial charge >= 0.3 is 0 Å². The van der Waals surface area contributed by atoms with Gasteiger partial charge in [-0.25, -0.2) is 12.8 Å². The molecule has 7 nitrogen and oxygen atoms in total. The maximum Gasteiger partial charge on any atom is 0.244 e. The van der Waals surface area contributed by atoms with E-state index in [-0.39, 0.29) is 18.7 Å². The van der Waals surface area contributed by atoms with Gasteiger partial charge in [0.05, 0.1) is 11.9 Å². The molecule has 0 aliphatic heterocycles. The van der Waals surface area contributed by atoms with E-state index in [0.717, 1.165) is 22.2 Å². The number of benzene rings is 3. The van der Waals surface area contributed by atoms with Crippen molar-refractivity contribution in [2.24, 2.45) is 0 Å². The predicted molar refractivity (Wildman–Crippen MR) is 139 cm³/mol. The summed E-state index contributed by atoms with van der Waals surface area (Å²) in [5.74, 6) is -1.67. The molecule has 0 spiro atoms. The van der Waals surface area contributed by atoms with Crippen molar-refractivity contribution in [1.82, 2.24) is 10.2 Å². The van der Waals surface area contributed by atoms with Crippen molar-refractivity contribution in [3.05, 3.63) is 101 Å². The third kappa shape index (κ3) is 7.29. The van der Waals surface area contributed by atoms with Crippen LogP contribution in [0.4, 0.5) is 10.1 Å². The van der Waals surface area contributed by atoms with Crippen molar-refractivity contribution in [2.45, 2.75) is 19.0 Å². The fourth-order valence-corrected chi connectivity index (χ4v) is 4.72. The maximum atomic E-state index is 13.9. The Morgan fingerprint density at radius 1 is 0.972 bits per heavy atom. The molecule has 0 saturated carbocycles. The second kappa shape index (κ2) is 12.0. The van der Waals surface area contributed by atoms with Crippen LogP contribution in [0, 0.1) is 5.82 Å². The zero-order chi connectivity index (χ0) is 26.3. The minimum Gasteiger partial charge on any atom is -0.357 e. The number of carbonyl (C=O) groups is 2. The molecule has 0 aliphatic carbocycles. The van der Waals surface area contributed by atoms with Crippen LogP contribution in [0.2, 0.25) is 5.02 Å². The lowest BCUT2D eigenvalue weighted by Gasteiger charge is -2.33. The Hall–Kier alpha value is -3.43. The van der Waals surface area contributed by atoms with E-state index in [1.807, 2.05) is 30.3 Å². The Morgan fingerprint density at radius 2 is 1.64 bits per heavy atom. The molecule has 0 saturated heterocycles. The van der Waals surface area contributed by atoms with Gasteiger partial charge in [0, 0.05) is 25.0 Å². The number of halogens is 2. The first kappa shape index (κ1) is 27.2. The lowest BCUT2D eigenvalue weighted by molar-refractivity contribution is -0.139. The van der Waals surface area contributed by atoms with Crippen molar-refractivity contribution in [3.8, 4) is 0 Å². The molecule has 0 bridgehead atoms. The molecule has 0 heterocycles. The highest BCUT2D eigenvalue weighted by Gasteiger charge is 2.32. The van der Waals surface area contributed by atoms with E-state index >= 15 is 0 Å². The van der Waals surface area contributed by atoms with Crippen LogP contribution in [0.1, 0.15) is 11.1 Å². The van der Waals surface area contributed by atoms with Gasteiger partial charge in [-0.1, -0.05) is 60.1 Å². The molecule has 1 atom stereocenters. The standard InChI is InChI=1S/C26H27ClFN3O4S/c1-29-26(33)24(15-19-7-4-3-5-8-19)30(17-20-11-13-21(27)14-12-20)25(32)18-31(36(2,34)35)23-10-6-9-22(28)16-23/h3-14,16,24H,15,17-18H2,1-2H3,(H,29,33)/t24-/m0/s1. The van der Waals surface area contributed by atoms with Crippen LogP contribution in [0.15, 0.2) is 78.9 Å². The van der Waals surface area contributed by atoms with Gasteiger partial charge in [-0.15, -0.1) is 0 Å². The molecule has 2 amide bonds. The van der Waals surface area contributed by atoms with Gasteiger partial charge in [-0.2, -0.15) is 0 Å². The van der Waals surface area contributed by atoms with E-state index in [1.165, 1.54) is 30.1 Å². The minimum absolute atomic E-state index is 0.0110. The first-order chi connectivity index (χ1) is 17.1. The van der Waals surface area contributed by atoms with Crippen LogP contribution < -0.4 is 9.62 Å². The summed E-state index contributed by atoms with van der Waals surface area (Å²) in [6, 6.07) is 20.0. The molecule has 190 valence electrons. The lowest BCUT2D eigenvalue weighted by atomic mass is 10.0. The van der Waals surface area contributed by atoms with E-state index in [1.54, 1.807) is 24.3 Å². The number of likely N-dealkylation sites (N-methyl/N-ethyl adjacent to an activating group) is 1. The summed E-state index contributed by atoms with van der Waals surface area (Å²) in [6.07, 6.45) is 1.15. The van der Waals surface area contributed by atoms with Crippen molar-refractivity contribution < 1.29 is 22.4 Å². The highest BCUT2D eigenvalue weighted by atomic mass is 35.5. The molecule has 10 heteroatoms. The maximum absolute atomic E-state index is 13.9. The topological polar surface area (TPSA) is 86.8 Å². The molecular weight excluding hydrogens is 505 g/mol. The third-order valence-electron chi connectivity index (χ3n) is 5.56. The molecule has 3 rings (SSSR count). The number of nitrogens with zero attached hydrogens (tertiary/aromatic N) is 2. The predicted octanol–water partition coefficient (Wildman–Crippen LogP) is 3.63. The minimum atomic E-state index is -3.95. The first-order valence-electron chi connectivity index (χ1n) is 11.1. The number of hydrogen-bond donors (Lipinski definition) is 1. The fourth-order valence-electron chi connectivity index (χ4n) is 3.75.